The second-order valence-electron chi connectivity index (χ2n) is 4.21. The number of phenols is 1. The maximum absolute atomic E-state index is 9.85. The van der Waals surface area contributed by atoms with Crippen molar-refractivity contribution in [3.63, 3.8) is 0 Å². The van der Waals surface area contributed by atoms with E-state index in [1.165, 1.54) is 11.1 Å². The molecule has 2 rings (SSSR count). The van der Waals surface area contributed by atoms with Gasteiger partial charge in [0.15, 0.2) is 0 Å². The minimum Gasteiger partial charge on any atom is -0.507 e. The van der Waals surface area contributed by atoms with E-state index in [1.807, 2.05) is 18.2 Å². The van der Waals surface area contributed by atoms with E-state index in [0.29, 0.717) is 5.75 Å². The first kappa shape index (κ1) is 11.7. The Kier molecular flexibility index (Phi) is 3.48. The summed E-state index contributed by atoms with van der Waals surface area (Å²) in [7, 11) is 0. The number of hydrogen-bond donors (Lipinski definition) is 1. The van der Waals surface area contributed by atoms with E-state index in [-0.39, 0.29) is 0 Å². The van der Waals surface area contributed by atoms with E-state index < -0.39 is 0 Å². The molecule has 1 N–H and O–H groups in total. The molecule has 0 fully saturated rings. The third-order valence-corrected chi connectivity index (χ3v) is 3.18. The zero-order valence-corrected chi connectivity index (χ0v) is 10.4. The number of para-hydroxylation sites is 1. The monoisotopic (exact) mass is 226 g/mol. The topological polar surface area (TPSA) is 20.2 Å². The van der Waals surface area contributed by atoms with Crippen LogP contribution in [0.1, 0.15) is 25.0 Å². The van der Waals surface area contributed by atoms with Gasteiger partial charge in [0.1, 0.15) is 5.75 Å². The molecule has 0 unspecified atom stereocenters. The standard InChI is InChI=1S/C16H18O/c1-3-12-9-10-14(11-13(12)4-2)15-7-5-6-8-16(15)17/h5-11,17H,3-4H2,1-2H3. The summed E-state index contributed by atoms with van der Waals surface area (Å²) in [6.45, 7) is 4.34. The van der Waals surface area contributed by atoms with E-state index in [9.17, 15) is 5.11 Å². The Hall–Kier alpha value is -1.76. The van der Waals surface area contributed by atoms with Crippen molar-refractivity contribution < 1.29 is 5.11 Å². The highest BCUT2D eigenvalue weighted by molar-refractivity contribution is 5.70. The highest BCUT2D eigenvalue weighted by Gasteiger charge is 2.06. The van der Waals surface area contributed by atoms with Gasteiger partial charge in [0.25, 0.3) is 0 Å². The van der Waals surface area contributed by atoms with Crippen LogP contribution >= 0.6 is 0 Å². The molecule has 2 aromatic rings. The molecule has 0 saturated heterocycles. The van der Waals surface area contributed by atoms with Gasteiger partial charge in [-0.3, -0.25) is 0 Å². The molecule has 1 heteroatoms. The van der Waals surface area contributed by atoms with Crippen LogP contribution < -0.4 is 0 Å². The predicted octanol–water partition coefficient (Wildman–Crippen LogP) is 4.18. The van der Waals surface area contributed by atoms with Gasteiger partial charge in [-0.1, -0.05) is 50.2 Å². The van der Waals surface area contributed by atoms with Gasteiger partial charge < -0.3 is 5.11 Å². The zero-order chi connectivity index (χ0) is 12.3. The quantitative estimate of drug-likeness (QED) is 0.832. The molecule has 0 aliphatic rings. The van der Waals surface area contributed by atoms with Gasteiger partial charge in [0.2, 0.25) is 0 Å². The van der Waals surface area contributed by atoms with Crippen molar-refractivity contribution in [1.82, 2.24) is 0 Å². The van der Waals surface area contributed by atoms with Crippen LogP contribution in [0, 0.1) is 0 Å². The molecule has 0 spiro atoms. The van der Waals surface area contributed by atoms with Gasteiger partial charge >= 0.3 is 0 Å². The van der Waals surface area contributed by atoms with Crippen molar-refractivity contribution >= 4 is 0 Å². The van der Waals surface area contributed by atoms with Crippen LogP contribution in [0.2, 0.25) is 0 Å². The second-order valence-corrected chi connectivity index (χ2v) is 4.21. The number of aromatic hydroxyl groups is 1. The number of aryl methyl sites for hydroxylation is 2. The third kappa shape index (κ3) is 2.33. The van der Waals surface area contributed by atoms with Crippen molar-refractivity contribution in [2.75, 3.05) is 0 Å². The van der Waals surface area contributed by atoms with Crippen LogP contribution in [0.5, 0.6) is 5.75 Å². The Bertz CT molecular complexity index is 515. The first-order valence-electron chi connectivity index (χ1n) is 6.16. The van der Waals surface area contributed by atoms with Crippen molar-refractivity contribution in [3.05, 3.63) is 53.6 Å². The number of phenolic OH excluding ortho intramolecular Hbond substituents is 1. The number of benzene rings is 2. The van der Waals surface area contributed by atoms with Crippen molar-refractivity contribution in [3.8, 4) is 16.9 Å². The smallest absolute Gasteiger partial charge is 0.123 e. The van der Waals surface area contributed by atoms with Gasteiger partial charge in [-0.05, 0) is 35.6 Å². The Morgan fingerprint density at radius 1 is 0.882 bits per heavy atom. The molecule has 2 aromatic carbocycles. The van der Waals surface area contributed by atoms with Crippen LogP contribution in [0.4, 0.5) is 0 Å². The van der Waals surface area contributed by atoms with Crippen LogP contribution in [-0.4, -0.2) is 5.11 Å². The molecule has 0 radical (unpaired) electrons. The van der Waals surface area contributed by atoms with E-state index in [2.05, 4.69) is 32.0 Å². The first-order valence-corrected chi connectivity index (χ1v) is 6.16. The predicted molar refractivity (Wildman–Crippen MR) is 72.3 cm³/mol. The molecule has 17 heavy (non-hydrogen) atoms. The Morgan fingerprint density at radius 3 is 2.24 bits per heavy atom. The van der Waals surface area contributed by atoms with Crippen LogP contribution in [0.15, 0.2) is 42.5 Å². The summed E-state index contributed by atoms with van der Waals surface area (Å²) in [6, 6.07) is 13.9. The van der Waals surface area contributed by atoms with E-state index in [0.717, 1.165) is 24.0 Å². The average molecular weight is 226 g/mol. The fourth-order valence-corrected chi connectivity index (χ4v) is 2.19. The molecule has 88 valence electrons. The molecule has 0 atom stereocenters. The molecular weight excluding hydrogens is 208 g/mol. The minimum atomic E-state index is 0.346. The summed E-state index contributed by atoms with van der Waals surface area (Å²) in [5.41, 5.74) is 4.77. The lowest BCUT2D eigenvalue weighted by molar-refractivity contribution is 0.477. The van der Waals surface area contributed by atoms with Gasteiger partial charge in [0, 0.05) is 5.56 Å². The maximum atomic E-state index is 9.85. The highest BCUT2D eigenvalue weighted by atomic mass is 16.3. The van der Waals surface area contributed by atoms with Crippen molar-refractivity contribution in [1.29, 1.82) is 0 Å². The fourth-order valence-electron chi connectivity index (χ4n) is 2.19. The zero-order valence-electron chi connectivity index (χ0n) is 10.4. The number of hydrogen-bond acceptors (Lipinski definition) is 1. The van der Waals surface area contributed by atoms with E-state index in [4.69, 9.17) is 0 Å². The van der Waals surface area contributed by atoms with Crippen LogP contribution in [0.3, 0.4) is 0 Å². The lowest BCUT2D eigenvalue weighted by atomic mass is 9.96. The van der Waals surface area contributed by atoms with Gasteiger partial charge in [-0.15, -0.1) is 0 Å². The SMILES string of the molecule is CCc1ccc(-c2ccccc2O)cc1CC. The molecule has 0 amide bonds. The summed E-state index contributed by atoms with van der Waals surface area (Å²) < 4.78 is 0. The Balaban J connectivity index is 2.50. The largest absolute Gasteiger partial charge is 0.507 e. The van der Waals surface area contributed by atoms with Gasteiger partial charge in [-0.2, -0.15) is 0 Å². The summed E-state index contributed by atoms with van der Waals surface area (Å²) >= 11 is 0. The van der Waals surface area contributed by atoms with Crippen LogP contribution in [0.25, 0.3) is 11.1 Å². The molecular formula is C16H18O. The molecule has 0 heterocycles. The summed E-state index contributed by atoms with van der Waals surface area (Å²) in [5, 5.41) is 9.85. The number of rotatable bonds is 3. The molecule has 0 bridgehead atoms. The summed E-state index contributed by atoms with van der Waals surface area (Å²) in [5.74, 6) is 0.346. The van der Waals surface area contributed by atoms with Crippen LogP contribution in [-0.2, 0) is 12.8 Å². The molecule has 0 aliphatic carbocycles. The summed E-state index contributed by atoms with van der Waals surface area (Å²) in [4.78, 5) is 0. The lowest BCUT2D eigenvalue weighted by Crippen LogP contribution is -1.91. The minimum absolute atomic E-state index is 0.346. The molecule has 0 saturated carbocycles. The van der Waals surface area contributed by atoms with Gasteiger partial charge in [-0.25, -0.2) is 0 Å². The van der Waals surface area contributed by atoms with Crippen molar-refractivity contribution in [2.45, 2.75) is 26.7 Å². The maximum Gasteiger partial charge on any atom is 0.123 e. The normalized spacial score (nSPS) is 10.5. The Labute approximate surface area is 103 Å². The average Bonchev–Trinajstić information content (AvgIpc) is 2.38. The lowest BCUT2D eigenvalue weighted by Gasteiger charge is -2.10. The first-order chi connectivity index (χ1) is 8.26. The van der Waals surface area contributed by atoms with Gasteiger partial charge in [0.05, 0.1) is 0 Å². The summed E-state index contributed by atoms with van der Waals surface area (Å²) in [6.07, 6.45) is 2.09. The molecule has 0 aliphatic heterocycles. The Morgan fingerprint density at radius 2 is 1.59 bits per heavy atom. The molecule has 1 nitrogen and oxygen atoms in total. The van der Waals surface area contributed by atoms with Crippen molar-refractivity contribution in [2.24, 2.45) is 0 Å². The fraction of sp³-hybridized carbons (Fsp3) is 0.250. The van der Waals surface area contributed by atoms with E-state index >= 15 is 0 Å². The van der Waals surface area contributed by atoms with E-state index in [1.54, 1.807) is 6.07 Å². The second kappa shape index (κ2) is 5.05. The highest BCUT2D eigenvalue weighted by Crippen LogP contribution is 2.30. The molecule has 0 aromatic heterocycles. The third-order valence-electron chi connectivity index (χ3n) is 3.18.